The van der Waals surface area contributed by atoms with E-state index in [4.69, 9.17) is 5.73 Å². The van der Waals surface area contributed by atoms with Gasteiger partial charge in [0.1, 0.15) is 0 Å². The molecule has 120 valence electrons. The molecule has 2 aromatic carbocycles. The van der Waals surface area contributed by atoms with E-state index in [9.17, 15) is 9.59 Å². The number of amides is 3. The number of nitrogens with two attached hydrogens (primary N) is 1. The van der Waals surface area contributed by atoms with Gasteiger partial charge < -0.3 is 16.4 Å². The van der Waals surface area contributed by atoms with Gasteiger partial charge in [0, 0.05) is 29.3 Å². The number of benzene rings is 2. The maximum atomic E-state index is 12.1. The molecule has 23 heavy (non-hydrogen) atoms. The zero-order valence-corrected chi connectivity index (χ0v) is 13.4. The van der Waals surface area contributed by atoms with Crippen LogP contribution in [0.15, 0.2) is 54.6 Å². The van der Waals surface area contributed by atoms with E-state index in [1.807, 2.05) is 18.2 Å². The van der Waals surface area contributed by atoms with Crippen LogP contribution in [0.1, 0.15) is 15.9 Å². The molecule has 0 aromatic heterocycles. The molecule has 4 N–H and O–H groups in total. The van der Waals surface area contributed by atoms with E-state index >= 15 is 0 Å². The molecule has 0 aliphatic carbocycles. The normalized spacial score (nSPS) is 10.1. The highest BCUT2D eigenvalue weighted by atomic mass is 32.2. The minimum absolute atomic E-state index is 0.168. The molecule has 5 nitrogen and oxygen atoms in total. The molecular weight excluding hydrogens is 310 g/mol. The smallest absolute Gasteiger partial charge is 0.316 e. The number of hydrogen-bond acceptors (Lipinski definition) is 3. The molecule has 0 fully saturated rings. The Morgan fingerprint density at radius 3 is 2.57 bits per heavy atom. The van der Waals surface area contributed by atoms with Crippen molar-refractivity contribution in [3.05, 3.63) is 65.7 Å². The number of rotatable bonds is 7. The molecule has 0 heterocycles. The van der Waals surface area contributed by atoms with Crippen LogP contribution in [-0.4, -0.2) is 24.2 Å². The lowest BCUT2D eigenvalue weighted by Crippen LogP contribution is -2.26. The minimum atomic E-state index is -0.653. The van der Waals surface area contributed by atoms with Crippen LogP contribution in [0.25, 0.3) is 0 Å². The average molecular weight is 329 g/mol. The van der Waals surface area contributed by atoms with Crippen molar-refractivity contribution in [1.29, 1.82) is 0 Å². The number of hydrogen-bond donors (Lipinski definition) is 3. The highest BCUT2D eigenvalue weighted by Gasteiger charge is 2.06. The fourth-order valence-electron chi connectivity index (χ4n) is 1.98. The topological polar surface area (TPSA) is 84.2 Å². The van der Waals surface area contributed by atoms with Crippen molar-refractivity contribution in [3.63, 3.8) is 0 Å². The average Bonchev–Trinajstić information content (AvgIpc) is 2.55. The van der Waals surface area contributed by atoms with Gasteiger partial charge in [0.25, 0.3) is 5.91 Å². The SMILES string of the molecule is NC(=O)Nc1cccc(C(=O)NCCSCc2ccccc2)c1. The first kappa shape index (κ1) is 16.9. The van der Waals surface area contributed by atoms with Gasteiger partial charge in [-0.15, -0.1) is 0 Å². The Labute approximate surface area is 139 Å². The Kier molecular flexibility index (Phi) is 6.50. The van der Waals surface area contributed by atoms with Gasteiger partial charge in [-0.1, -0.05) is 36.4 Å². The van der Waals surface area contributed by atoms with Crippen molar-refractivity contribution in [2.24, 2.45) is 5.73 Å². The molecule has 0 saturated carbocycles. The molecule has 0 unspecified atom stereocenters. The Balaban J connectivity index is 1.73. The fourth-order valence-corrected chi connectivity index (χ4v) is 2.80. The lowest BCUT2D eigenvalue weighted by Gasteiger charge is -2.07. The molecule has 0 aliphatic rings. The second-order valence-electron chi connectivity index (χ2n) is 4.86. The first-order valence-corrected chi connectivity index (χ1v) is 8.37. The number of urea groups is 1. The molecular formula is C17H19N3O2S. The number of thioether (sulfide) groups is 1. The molecule has 6 heteroatoms. The highest BCUT2D eigenvalue weighted by Crippen LogP contribution is 2.12. The summed E-state index contributed by atoms with van der Waals surface area (Å²) in [6.07, 6.45) is 0. The molecule has 3 amide bonds. The van der Waals surface area contributed by atoms with Gasteiger partial charge in [-0.25, -0.2) is 4.79 Å². The third-order valence-corrected chi connectivity index (χ3v) is 4.07. The molecule has 0 bridgehead atoms. The van der Waals surface area contributed by atoms with E-state index in [1.54, 1.807) is 36.0 Å². The number of anilines is 1. The zero-order chi connectivity index (χ0) is 16.5. The Bertz CT molecular complexity index is 662. The standard InChI is InChI=1S/C17H19N3O2S/c18-17(22)20-15-8-4-7-14(11-15)16(21)19-9-10-23-12-13-5-2-1-3-6-13/h1-8,11H,9-10,12H2,(H,19,21)(H3,18,20,22). The zero-order valence-electron chi connectivity index (χ0n) is 12.6. The predicted molar refractivity (Wildman–Crippen MR) is 94.6 cm³/mol. The maximum Gasteiger partial charge on any atom is 0.316 e. The highest BCUT2D eigenvalue weighted by molar-refractivity contribution is 7.98. The van der Waals surface area contributed by atoms with E-state index in [0.29, 0.717) is 17.8 Å². The molecule has 0 atom stereocenters. The third-order valence-electron chi connectivity index (χ3n) is 3.04. The first-order valence-electron chi connectivity index (χ1n) is 7.21. The quantitative estimate of drug-likeness (QED) is 0.683. The number of carbonyl (C=O) groups excluding carboxylic acids is 2. The van der Waals surface area contributed by atoms with Crippen LogP contribution in [0, 0.1) is 0 Å². The first-order chi connectivity index (χ1) is 11.1. The van der Waals surface area contributed by atoms with Crippen LogP contribution in [0.5, 0.6) is 0 Å². The summed E-state index contributed by atoms with van der Waals surface area (Å²) in [7, 11) is 0. The van der Waals surface area contributed by atoms with Crippen LogP contribution >= 0.6 is 11.8 Å². The molecule has 0 saturated heterocycles. The Morgan fingerprint density at radius 1 is 1.04 bits per heavy atom. The van der Waals surface area contributed by atoms with Crippen molar-refractivity contribution in [1.82, 2.24) is 5.32 Å². The van der Waals surface area contributed by atoms with Crippen LogP contribution in [0.3, 0.4) is 0 Å². The number of primary amides is 1. The van der Waals surface area contributed by atoms with Crippen molar-refractivity contribution < 1.29 is 9.59 Å². The summed E-state index contributed by atoms with van der Waals surface area (Å²) in [4.78, 5) is 22.9. The molecule has 0 radical (unpaired) electrons. The minimum Gasteiger partial charge on any atom is -0.351 e. The van der Waals surface area contributed by atoms with E-state index in [-0.39, 0.29) is 5.91 Å². The van der Waals surface area contributed by atoms with Crippen molar-refractivity contribution in [2.75, 3.05) is 17.6 Å². The summed E-state index contributed by atoms with van der Waals surface area (Å²) in [6, 6.07) is 16.2. The maximum absolute atomic E-state index is 12.1. The van der Waals surface area contributed by atoms with Crippen molar-refractivity contribution >= 4 is 29.4 Å². The van der Waals surface area contributed by atoms with Gasteiger partial charge in [0.05, 0.1) is 0 Å². The summed E-state index contributed by atoms with van der Waals surface area (Å²) in [5.74, 6) is 1.59. The monoisotopic (exact) mass is 329 g/mol. The van der Waals surface area contributed by atoms with Gasteiger partial charge in [-0.05, 0) is 23.8 Å². The third kappa shape index (κ3) is 6.04. The molecule has 0 spiro atoms. The number of carbonyl (C=O) groups is 2. The van der Waals surface area contributed by atoms with Crippen molar-refractivity contribution in [2.45, 2.75) is 5.75 Å². The van der Waals surface area contributed by atoms with Crippen LogP contribution in [-0.2, 0) is 5.75 Å². The summed E-state index contributed by atoms with van der Waals surface area (Å²) in [6.45, 7) is 0.587. The van der Waals surface area contributed by atoms with E-state index in [0.717, 1.165) is 11.5 Å². The molecule has 2 aromatic rings. The van der Waals surface area contributed by atoms with Gasteiger partial charge in [0.2, 0.25) is 0 Å². The largest absolute Gasteiger partial charge is 0.351 e. The lowest BCUT2D eigenvalue weighted by molar-refractivity contribution is 0.0956. The summed E-state index contributed by atoms with van der Waals surface area (Å²) >= 11 is 1.77. The summed E-state index contributed by atoms with van der Waals surface area (Å²) < 4.78 is 0. The van der Waals surface area contributed by atoms with Gasteiger partial charge in [-0.3, -0.25) is 4.79 Å². The summed E-state index contributed by atoms with van der Waals surface area (Å²) in [5, 5.41) is 5.31. The fraction of sp³-hybridized carbons (Fsp3) is 0.176. The van der Waals surface area contributed by atoms with Crippen LogP contribution in [0.4, 0.5) is 10.5 Å². The second kappa shape index (κ2) is 8.85. The summed E-state index contributed by atoms with van der Waals surface area (Å²) in [5.41, 5.74) is 7.32. The second-order valence-corrected chi connectivity index (χ2v) is 5.97. The number of nitrogens with one attached hydrogen (secondary N) is 2. The van der Waals surface area contributed by atoms with E-state index in [1.165, 1.54) is 5.56 Å². The Hall–Kier alpha value is -2.47. The van der Waals surface area contributed by atoms with Gasteiger partial charge >= 0.3 is 6.03 Å². The Morgan fingerprint density at radius 2 is 1.83 bits per heavy atom. The predicted octanol–water partition coefficient (Wildman–Crippen LogP) is 2.84. The van der Waals surface area contributed by atoms with E-state index in [2.05, 4.69) is 22.8 Å². The van der Waals surface area contributed by atoms with Gasteiger partial charge in [-0.2, -0.15) is 11.8 Å². The van der Waals surface area contributed by atoms with Crippen LogP contribution in [0.2, 0.25) is 0 Å². The van der Waals surface area contributed by atoms with Gasteiger partial charge in [0.15, 0.2) is 0 Å². The van der Waals surface area contributed by atoms with Crippen molar-refractivity contribution in [3.8, 4) is 0 Å². The lowest BCUT2D eigenvalue weighted by atomic mass is 10.2. The van der Waals surface area contributed by atoms with E-state index < -0.39 is 6.03 Å². The molecule has 2 rings (SSSR count). The molecule has 0 aliphatic heterocycles. The van der Waals surface area contributed by atoms with Crippen LogP contribution < -0.4 is 16.4 Å².